The molecule has 0 aliphatic carbocycles. The fourth-order valence-electron chi connectivity index (χ4n) is 3.01. The highest BCUT2D eigenvalue weighted by molar-refractivity contribution is 6.42. The Bertz CT molecular complexity index is 1020. The third kappa shape index (κ3) is 6.53. The van der Waals surface area contributed by atoms with Crippen molar-refractivity contribution in [1.29, 1.82) is 0 Å². The number of benzene rings is 2. The second-order valence-corrected chi connectivity index (χ2v) is 8.18. The summed E-state index contributed by atoms with van der Waals surface area (Å²) in [5.74, 6) is -0.167. The lowest BCUT2D eigenvalue weighted by molar-refractivity contribution is 0.0934. The second kappa shape index (κ2) is 10.8. The monoisotopic (exact) mass is 463 g/mol. The molecule has 0 bridgehead atoms. The molecule has 1 N–H and O–H groups in total. The number of aromatic nitrogens is 1. The number of carbonyl (C=O) groups is 1. The average Bonchev–Trinajstić information content (AvgIpc) is 3.21. The molecule has 164 valence electrons. The molecule has 5 nitrogen and oxygen atoms in total. The standard InChI is InChI=1S/C23H24Cl2FN3O2/c1-3-15(2)27-23(30)20-14-31-21(28-20)13-29(11-16-7-9-18(26)10-8-16)12-17-5-4-6-19(24)22(17)25/h4-10,14-15H,3,11-13H2,1-2H3,(H,27,30)/t15-/m0/s1. The lowest BCUT2D eigenvalue weighted by atomic mass is 10.1. The van der Waals surface area contributed by atoms with Crippen molar-refractivity contribution in [3.05, 3.63) is 87.3 Å². The van der Waals surface area contributed by atoms with Gasteiger partial charge in [0.15, 0.2) is 5.69 Å². The van der Waals surface area contributed by atoms with Gasteiger partial charge in [-0.05, 0) is 42.7 Å². The molecule has 3 aromatic rings. The van der Waals surface area contributed by atoms with Crippen LogP contribution in [-0.2, 0) is 19.6 Å². The van der Waals surface area contributed by atoms with Gasteiger partial charge in [-0.25, -0.2) is 9.37 Å². The van der Waals surface area contributed by atoms with Crippen molar-refractivity contribution in [1.82, 2.24) is 15.2 Å². The van der Waals surface area contributed by atoms with Crippen molar-refractivity contribution in [3.8, 4) is 0 Å². The van der Waals surface area contributed by atoms with Gasteiger partial charge in [-0.3, -0.25) is 9.69 Å². The summed E-state index contributed by atoms with van der Waals surface area (Å²) in [6, 6.07) is 11.8. The fraction of sp³-hybridized carbons (Fsp3) is 0.304. The minimum atomic E-state index is -0.294. The summed E-state index contributed by atoms with van der Waals surface area (Å²) in [7, 11) is 0. The minimum Gasteiger partial charge on any atom is -0.447 e. The van der Waals surface area contributed by atoms with Crippen LogP contribution < -0.4 is 5.32 Å². The van der Waals surface area contributed by atoms with E-state index in [0.29, 0.717) is 35.6 Å². The number of hydrogen-bond donors (Lipinski definition) is 1. The van der Waals surface area contributed by atoms with Gasteiger partial charge >= 0.3 is 0 Å². The Hall–Kier alpha value is -2.41. The third-order valence-electron chi connectivity index (χ3n) is 4.88. The molecule has 1 heterocycles. The Kier molecular flexibility index (Phi) is 8.07. The van der Waals surface area contributed by atoms with Gasteiger partial charge in [0.25, 0.3) is 5.91 Å². The molecule has 0 aliphatic rings. The van der Waals surface area contributed by atoms with Crippen molar-refractivity contribution in [2.24, 2.45) is 0 Å². The summed E-state index contributed by atoms with van der Waals surface area (Å²) in [5.41, 5.74) is 2.00. The fourth-order valence-corrected chi connectivity index (χ4v) is 3.39. The van der Waals surface area contributed by atoms with Crippen molar-refractivity contribution in [3.63, 3.8) is 0 Å². The van der Waals surface area contributed by atoms with Gasteiger partial charge in [-0.1, -0.05) is 54.4 Å². The van der Waals surface area contributed by atoms with E-state index in [0.717, 1.165) is 17.5 Å². The van der Waals surface area contributed by atoms with E-state index in [1.807, 2.05) is 30.9 Å². The Morgan fingerprint density at radius 3 is 2.61 bits per heavy atom. The van der Waals surface area contributed by atoms with E-state index in [2.05, 4.69) is 10.3 Å². The first-order valence-corrected chi connectivity index (χ1v) is 10.8. The molecule has 1 atom stereocenters. The molecule has 3 rings (SSSR count). The number of hydrogen-bond acceptors (Lipinski definition) is 4. The molecular formula is C23H24Cl2FN3O2. The summed E-state index contributed by atoms with van der Waals surface area (Å²) in [5, 5.41) is 3.82. The maximum Gasteiger partial charge on any atom is 0.273 e. The highest BCUT2D eigenvalue weighted by Crippen LogP contribution is 2.27. The van der Waals surface area contributed by atoms with E-state index in [4.69, 9.17) is 27.6 Å². The van der Waals surface area contributed by atoms with Gasteiger partial charge in [0.05, 0.1) is 16.6 Å². The first-order valence-electron chi connectivity index (χ1n) is 10.0. The number of carbonyl (C=O) groups excluding carboxylic acids is 1. The zero-order chi connectivity index (χ0) is 22.4. The first kappa shape index (κ1) is 23.3. The normalized spacial score (nSPS) is 12.2. The van der Waals surface area contributed by atoms with Crippen molar-refractivity contribution >= 4 is 29.1 Å². The summed E-state index contributed by atoms with van der Waals surface area (Å²) < 4.78 is 18.8. The molecule has 0 spiro atoms. The molecule has 2 aromatic carbocycles. The molecule has 0 saturated heterocycles. The molecular weight excluding hydrogens is 440 g/mol. The zero-order valence-electron chi connectivity index (χ0n) is 17.4. The van der Waals surface area contributed by atoms with Crippen molar-refractivity contribution in [2.75, 3.05) is 0 Å². The number of amides is 1. The molecule has 31 heavy (non-hydrogen) atoms. The van der Waals surface area contributed by atoms with Crippen LogP contribution in [0, 0.1) is 5.82 Å². The molecule has 0 radical (unpaired) electrons. The summed E-state index contributed by atoms with van der Waals surface area (Å²) in [6.07, 6.45) is 2.18. The predicted molar refractivity (Wildman–Crippen MR) is 120 cm³/mol. The van der Waals surface area contributed by atoms with Crippen molar-refractivity contribution < 1.29 is 13.6 Å². The number of nitrogens with one attached hydrogen (secondary N) is 1. The molecule has 1 amide bonds. The van der Waals surface area contributed by atoms with E-state index in [1.54, 1.807) is 18.2 Å². The zero-order valence-corrected chi connectivity index (χ0v) is 18.9. The molecule has 8 heteroatoms. The van der Waals surface area contributed by atoms with Crippen LogP contribution in [0.15, 0.2) is 53.1 Å². The Labute approximate surface area is 191 Å². The SMILES string of the molecule is CC[C@H](C)NC(=O)c1coc(CN(Cc2ccc(F)cc2)Cc2cccc(Cl)c2Cl)n1. The highest BCUT2D eigenvalue weighted by atomic mass is 35.5. The number of nitrogens with zero attached hydrogens (tertiary/aromatic N) is 2. The molecule has 0 unspecified atom stereocenters. The highest BCUT2D eigenvalue weighted by Gasteiger charge is 2.18. The van der Waals surface area contributed by atoms with E-state index in [1.165, 1.54) is 18.4 Å². The lowest BCUT2D eigenvalue weighted by Gasteiger charge is -2.22. The van der Waals surface area contributed by atoms with Gasteiger partial charge in [0.1, 0.15) is 12.1 Å². The van der Waals surface area contributed by atoms with Gasteiger partial charge in [0, 0.05) is 19.1 Å². The molecule has 0 fully saturated rings. The minimum absolute atomic E-state index is 0.0487. The summed E-state index contributed by atoms with van der Waals surface area (Å²) in [6.45, 7) is 5.22. The third-order valence-corrected chi connectivity index (χ3v) is 5.74. The van der Waals surface area contributed by atoms with Crippen LogP contribution >= 0.6 is 23.2 Å². The Balaban J connectivity index is 1.78. The maximum absolute atomic E-state index is 13.3. The second-order valence-electron chi connectivity index (χ2n) is 7.39. The van der Waals surface area contributed by atoms with E-state index in [9.17, 15) is 9.18 Å². The van der Waals surface area contributed by atoms with Crippen LogP contribution in [0.3, 0.4) is 0 Å². The van der Waals surface area contributed by atoms with Gasteiger partial charge in [-0.2, -0.15) is 0 Å². The Morgan fingerprint density at radius 1 is 1.16 bits per heavy atom. The van der Waals surface area contributed by atoms with Crippen LogP contribution in [-0.4, -0.2) is 21.8 Å². The van der Waals surface area contributed by atoms with Gasteiger partial charge in [-0.15, -0.1) is 0 Å². The molecule has 0 aliphatic heterocycles. The summed E-state index contributed by atoms with van der Waals surface area (Å²) in [4.78, 5) is 18.7. The van der Waals surface area contributed by atoms with E-state index < -0.39 is 0 Å². The topological polar surface area (TPSA) is 58.4 Å². The quantitative estimate of drug-likeness (QED) is 0.432. The smallest absolute Gasteiger partial charge is 0.273 e. The van der Waals surface area contributed by atoms with Gasteiger partial charge in [0.2, 0.25) is 5.89 Å². The van der Waals surface area contributed by atoms with Crippen molar-refractivity contribution in [2.45, 2.75) is 45.9 Å². The van der Waals surface area contributed by atoms with E-state index >= 15 is 0 Å². The van der Waals surface area contributed by atoms with E-state index in [-0.39, 0.29) is 23.5 Å². The predicted octanol–water partition coefficient (Wildman–Crippen LogP) is 5.85. The first-order chi connectivity index (χ1) is 14.9. The lowest BCUT2D eigenvalue weighted by Crippen LogP contribution is -2.32. The molecule has 1 aromatic heterocycles. The number of halogens is 3. The van der Waals surface area contributed by atoms with Crippen LogP contribution in [0.2, 0.25) is 10.0 Å². The van der Waals surface area contributed by atoms with Crippen LogP contribution in [0.5, 0.6) is 0 Å². The number of oxazole rings is 1. The van der Waals surface area contributed by atoms with Gasteiger partial charge < -0.3 is 9.73 Å². The molecule has 0 saturated carbocycles. The largest absolute Gasteiger partial charge is 0.447 e. The number of rotatable bonds is 9. The average molecular weight is 464 g/mol. The maximum atomic E-state index is 13.3. The summed E-state index contributed by atoms with van der Waals surface area (Å²) >= 11 is 12.5. The van der Waals surface area contributed by atoms with Crippen LogP contribution in [0.1, 0.15) is 47.8 Å². The Morgan fingerprint density at radius 2 is 1.90 bits per heavy atom. The van der Waals surface area contributed by atoms with Crippen LogP contribution in [0.25, 0.3) is 0 Å². The van der Waals surface area contributed by atoms with Crippen LogP contribution in [0.4, 0.5) is 4.39 Å².